The van der Waals surface area contributed by atoms with Gasteiger partial charge >= 0.3 is 0 Å². The minimum absolute atomic E-state index is 0.171. The Hall–Kier alpha value is -1.35. The van der Waals surface area contributed by atoms with Gasteiger partial charge in [-0.25, -0.2) is 0 Å². The second-order valence-electron chi connectivity index (χ2n) is 4.31. The molecule has 1 fully saturated rings. The summed E-state index contributed by atoms with van der Waals surface area (Å²) in [6, 6.07) is 7.96. The van der Waals surface area contributed by atoms with E-state index in [4.69, 9.17) is 9.47 Å². The van der Waals surface area contributed by atoms with Crippen molar-refractivity contribution in [1.29, 1.82) is 0 Å². The quantitative estimate of drug-likeness (QED) is 0.734. The van der Waals surface area contributed by atoms with Gasteiger partial charge in [-0.05, 0) is 37.0 Å². The van der Waals surface area contributed by atoms with Crippen LogP contribution in [0.4, 0.5) is 0 Å². The van der Waals surface area contributed by atoms with Crippen LogP contribution in [0.25, 0.3) is 0 Å². The van der Waals surface area contributed by atoms with E-state index < -0.39 is 0 Å². The maximum Gasteiger partial charge on any atom is 0.122 e. The zero-order chi connectivity index (χ0) is 11.9. The van der Waals surface area contributed by atoms with E-state index >= 15 is 0 Å². The lowest BCUT2D eigenvalue weighted by Crippen LogP contribution is -2.27. The van der Waals surface area contributed by atoms with E-state index in [1.165, 1.54) is 0 Å². The average Bonchev–Trinajstić information content (AvgIpc) is 2.38. The fourth-order valence-electron chi connectivity index (χ4n) is 2.00. The lowest BCUT2D eigenvalue weighted by Gasteiger charge is -2.23. The molecular formula is C14H18O3. The average molecular weight is 234 g/mol. The van der Waals surface area contributed by atoms with Crippen molar-refractivity contribution in [2.75, 3.05) is 13.2 Å². The zero-order valence-electron chi connectivity index (χ0n) is 9.93. The third-order valence-electron chi connectivity index (χ3n) is 2.87. The maximum atomic E-state index is 10.3. The summed E-state index contributed by atoms with van der Waals surface area (Å²) < 4.78 is 11.2. The monoisotopic (exact) mass is 234 g/mol. The van der Waals surface area contributed by atoms with Gasteiger partial charge in [-0.2, -0.15) is 0 Å². The van der Waals surface area contributed by atoms with Gasteiger partial charge in [-0.15, -0.1) is 0 Å². The Balaban J connectivity index is 1.92. The lowest BCUT2D eigenvalue weighted by molar-refractivity contribution is -0.107. The lowest BCUT2D eigenvalue weighted by atomic mass is 10.1. The second-order valence-corrected chi connectivity index (χ2v) is 4.31. The molecule has 1 heterocycles. The van der Waals surface area contributed by atoms with Crippen molar-refractivity contribution in [3.8, 4) is 5.75 Å². The molecule has 0 spiro atoms. The first-order chi connectivity index (χ1) is 8.38. The van der Waals surface area contributed by atoms with Gasteiger partial charge < -0.3 is 14.3 Å². The van der Waals surface area contributed by atoms with E-state index in [2.05, 4.69) is 0 Å². The molecule has 0 radical (unpaired) electrons. The van der Waals surface area contributed by atoms with E-state index in [1.807, 2.05) is 24.3 Å². The number of hydrogen-bond acceptors (Lipinski definition) is 3. The van der Waals surface area contributed by atoms with Crippen LogP contribution in [0.3, 0.4) is 0 Å². The number of aldehydes is 1. The summed E-state index contributed by atoms with van der Waals surface area (Å²) in [5.41, 5.74) is 1.14. The number of rotatable bonds is 5. The molecule has 1 saturated heterocycles. The molecule has 0 amide bonds. The third-order valence-corrected chi connectivity index (χ3v) is 2.87. The van der Waals surface area contributed by atoms with E-state index in [0.29, 0.717) is 13.0 Å². The van der Waals surface area contributed by atoms with Crippen LogP contribution in [0.1, 0.15) is 24.8 Å². The Bertz CT molecular complexity index is 356. The molecule has 0 bridgehead atoms. The standard InChI is InChI=1S/C14H18O3/c15-8-2-5-12-4-1-6-13(10-12)17-14-7-3-9-16-11-14/h1,4,6,8,10,14H,2-3,5,7,9,11H2. The largest absolute Gasteiger partial charge is 0.488 e. The van der Waals surface area contributed by atoms with E-state index in [1.54, 1.807) is 0 Å². The Kier molecular flexibility index (Phi) is 4.56. The van der Waals surface area contributed by atoms with Crippen molar-refractivity contribution >= 4 is 6.29 Å². The molecule has 92 valence electrons. The Morgan fingerprint density at radius 3 is 3.18 bits per heavy atom. The van der Waals surface area contributed by atoms with Gasteiger partial charge in [0.15, 0.2) is 0 Å². The molecule has 1 aliphatic rings. The predicted molar refractivity (Wildman–Crippen MR) is 65.3 cm³/mol. The van der Waals surface area contributed by atoms with Crippen LogP contribution in [0, 0.1) is 0 Å². The molecule has 17 heavy (non-hydrogen) atoms. The summed E-state index contributed by atoms with van der Waals surface area (Å²) in [5, 5.41) is 0. The molecular weight excluding hydrogens is 216 g/mol. The van der Waals surface area contributed by atoms with Crippen LogP contribution < -0.4 is 4.74 Å². The smallest absolute Gasteiger partial charge is 0.122 e. The van der Waals surface area contributed by atoms with Gasteiger partial charge in [-0.1, -0.05) is 12.1 Å². The van der Waals surface area contributed by atoms with Gasteiger partial charge in [0.05, 0.1) is 6.61 Å². The topological polar surface area (TPSA) is 35.5 Å². The van der Waals surface area contributed by atoms with Gasteiger partial charge in [0.2, 0.25) is 0 Å². The minimum atomic E-state index is 0.171. The van der Waals surface area contributed by atoms with Crippen molar-refractivity contribution < 1.29 is 14.3 Å². The first-order valence-corrected chi connectivity index (χ1v) is 6.15. The fourth-order valence-corrected chi connectivity index (χ4v) is 2.00. The summed E-state index contributed by atoms with van der Waals surface area (Å²) in [7, 11) is 0. The molecule has 0 N–H and O–H groups in total. The molecule has 1 aromatic rings. The van der Waals surface area contributed by atoms with Gasteiger partial charge in [0, 0.05) is 13.0 Å². The number of hydrogen-bond donors (Lipinski definition) is 0. The van der Waals surface area contributed by atoms with Crippen LogP contribution >= 0.6 is 0 Å². The molecule has 1 aliphatic heterocycles. The molecule has 0 aromatic heterocycles. The highest BCUT2D eigenvalue weighted by atomic mass is 16.5. The summed E-state index contributed by atoms with van der Waals surface area (Å²) in [4.78, 5) is 10.3. The van der Waals surface area contributed by atoms with E-state index in [-0.39, 0.29) is 6.10 Å². The van der Waals surface area contributed by atoms with Gasteiger partial charge in [0.1, 0.15) is 18.1 Å². The maximum absolute atomic E-state index is 10.3. The van der Waals surface area contributed by atoms with Crippen molar-refractivity contribution in [3.63, 3.8) is 0 Å². The van der Waals surface area contributed by atoms with Crippen molar-refractivity contribution in [2.45, 2.75) is 31.8 Å². The highest BCUT2D eigenvalue weighted by molar-refractivity contribution is 5.50. The number of benzene rings is 1. The molecule has 0 aliphatic carbocycles. The normalized spacial score (nSPS) is 19.9. The number of aryl methyl sites for hydroxylation is 1. The van der Waals surface area contributed by atoms with Crippen LogP contribution in [0.2, 0.25) is 0 Å². The van der Waals surface area contributed by atoms with Crippen LogP contribution in [0.5, 0.6) is 5.75 Å². The summed E-state index contributed by atoms with van der Waals surface area (Å²) in [6.07, 6.45) is 4.58. The Morgan fingerprint density at radius 2 is 2.41 bits per heavy atom. The number of ether oxygens (including phenoxy) is 2. The highest BCUT2D eigenvalue weighted by Crippen LogP contribution is 2.19. The molecule has 1 aromatic carbocycles. The molecule has 3 heteroatoms. The van der Waals surface area contributed by atoms with Crippen LogP contribution in [-0.4, -0.2) is 25.6 Å². The van der Waals surface area contributed by atoms with Crippen LogP contribution in [0.15, 0.2) is 24.3 Å². The van der Waals surface area contributed by atoms with Gasteiger partial charge in [0.25, 0.3) is 0 Å². The molecule has 2 rings (SSSR count). The Morgan fingerprint density at radius 1 is 1.47 bits per heavy atom. The number of carbonyl (C=O) groups excluding carboxylic acids is 1. The zero-order valence-corrected chi connectivity index (χ0v) is 9.93. The highest BCUT2D eigenvalue weighted by Gasteiger charge is 2.15. The van der Waals surface area contributed by atoms with Crippen LogP contribution in [-0.2, 0) is 16.0 Å². The Labute approximate surface area is 102 Å². The first kappa shape index (κ1) is 12.1. The predicted octanol–water partition coefficient (Wildman–Crippen LogP) is 2.38. The first-order valence-electron chi connectivity index (χ1n) is 6.15. The van der Waals surface area contributed by atoms with Gasteiger partial charge in [-0.3, -0.25) is 0 Å². The fraction of sp³-hybridized carbons (Fsp3) is 0.500. The van der Waals surface area contributed by atoms with Crippen molar-refractivity contribution in [2.24, 2.45) is 0 Å². The molecule has 0 saturated carbocycles. The molecule has 1 unspecified atom stereocenters. The minimum Gasteiger partial charge on any atom is -0.488 e. The van der Waals surface area contributed by atoms with Crippen molar-refractivity contribution in [1.82, 2.24) is 0 Å². The summed E-state index contributed by atoms with van der Waals surface area (Å²) in [5.74, 6) is 0.879. The number of carbonyl (C=O) groups is 1. The second kappa shape index (κ2) is 6.40. The molecule has 1 atom stereocenters. The molecule has 3 nitrogen and oxygen atoms in total. The summed E-state index contributed by atoms with van der Waals surface area (Å²) in [6.45, 7) is 1.53. The van der Waals surface area contributed by atoms with E-state index in [9.17, 15) is 4.79 Å². The SMILES string of the molecule is O=CCCc1cccc(OC2CCCOC2)c1. The van der Waals surface area contributed by atoms with Crippen molar-refractivity contribution in [3.05, 3.63) is 29.8 Å². The van der Waals surface area contributed by atoms with E-state index in [0.717, 1.165) is 43.5 Å². The third kappa shape index (κ3) is 3.86. The summed E-state index contributed by atoms with van der Waals surface area (Å²) >= 11 is 0.